The average Bonchev–Trinajstić information content (AvgIpc) is 3.09. The zero-order valence-electron chi connectivity index (χ0n) is 12.9. The molecule has 5 nitrogen and oxygen atoms in total. The van der Waals surface area contributed by atoms with Gasteiger partial charge < -0.3 is 5.32 Å². The van der Waals surface area contributed by atoms with Crippen LogP contribution in [0.2, 0.25) is 5.02 Å². The topological polar surface area (TPSA) is 70.7 Å². The predicted molar refractivity (Wildman–Crippen MR) is 96.5 cm³/mol. The number of rotatable bonds is 5. The Labute approximate surface area is 148 Å². The van der Waals surface area contributed by atoms with Crippen LogP contribution >= 0.6 is 23.4 Å². The predicted octanol–water partition coefficient (Wildman–Crippen LogP) is 4.31. The highest BCUT2D eigenvalue weighted by molar-refractivity contribution is 7.98. The Kier molecular flexibility index (Phi) is 5.17. The van der Waals surface area contributed by atoms with E-state index in [1.54, 1.807) is 12.1 Å². The number of hydrogen-bond donors (Lipinski definition) is 2. The summed E-state index contributed by atoms with van der Waals surface area (Å²) in [6.07, 6.45) is 1.46. The van der Waals surface area contributed by atoms with Crippen LogP contribution < -0.4 is 5.32 Å². The minimum absolute atomic E-state index is 0.186. The fourth-order valence-corrected chi connectivity index (χ4v) is 3.25. The summed E-state index contributed by atoms with van der Waals surface area (Å²) < 4.78 is 0. The van der Waals surface area contributed by atoms with Crippen LogP contribution in [0.3, 0.4) is 0 Å². The molecule has 7 heteroatoms. The standard InChI is InChI=1S/C17H15ClN4OS/c1-11-6-7-15(14(18)8-11)21-16(23)13-5-3-2-4-12(13)9-24-17-19-10-20-22-17/h2-8,10H,9H2,1H3,(H,21,23)(H,19,20,22). The van der Waals surface area contributed by atoms with E-state index in [0.29, 0.717) is 27.2 Å². The number of carbonyl (C=O) groups is 1. The van der Waals surface area contributed by atoms with Crippen molar-refractivity contribution in [1.82, 2.24) is 15.2 Å². The van der Waals surface area contributed by atoms with Crippen molar-refractivity contribution in [2.45, 2.75) is 17.8 Å². The van der Waals surface area contributed by atoms with Crippen molar-refractivity contribution in [2.24, 2.45) is 0 Å². The van der Waals surface area contributed by atoms with Gasteiger partial charge in [0.05, 0.1) is 10.7 Å². The summed E-state index contributed by atoms with van der Waals surface area (Å²) in [6.45, 7) is 1.95. The molecule has 0 aliphatic heterocycles. The van der Waals surface area contributed by atoms with E-state index in [-0.39, 0.29) is 5.91 Å². The van der Waals surface area contributed by atoms with Gasteiger partial charge in [-0.25, -0.2) is 4.98 Å². The van der Waals surface area contributed by atoms with Gasteiger partial charge in [0, 0.05) is 11.3 Å². The number of H-pyrrole nitrogens is 1. The summed E-state index contributed by atoms with van der Waals surface area (Å²) in [5.74, 6) is 0.426. The molecule has 0 bridgehead atoms. The summed E-state index contributed by atoms with van der Waals surface area (Å²) in [7, 11) is 0. The number of carbonyl (C=O) groups excluding carboxylic acids is 1. The maximum Gasteiger partial charge on any atom is 0.256 e. The number of halogens is 1. The van der Waals surface area contributed by atoms with E-state index in [9.17, 15) is 4.79 Å². The van der Waals surface area contributed by atoms with Crippen molar-refractivity contribution in [1.29, 1.82) is 0 Å². The van der Waals surface area contributed by atoms with E-state index in [2.05, 4.69) is 20.5 Å². The maximum absolute atomic E-state index is 12.6. The first-order valence-electron chi connectivity index (χ1n) is 7.27. The summed E-state index contributed by atoms with van der Waals surface area (Å²) in [6, 6.07) is 13.0. The molecule has 2 N–H and O–H groups in total. The van der Waals surface area contributed by atoms with E-state index < -0.39 is 0 Å². The smallest absolute Gasteiger partial charge is 0.256 e. The molecule has 0 fully saturated rings. The van der Waals surface area contributed by atoms with Gasteiger partial charge in [-0.15, -0.1) is 0 Å². The van der Waals surface area contributed by atoms with Crippen LogP contribution in [0.25, 0.3) is 0 Å². The normalized spacial score (nSPS) is 10.6. The molecule has 0 aliphatic carbocycles. The van der Waals surface area contributed by atoms with Gasteiger partial charge >= 0.3 is 0 Å². The van der Waals surface area contributed by atoms with Crippen molar-refractivity contribution >= 4 is 35.0 Å². The summed E-state index contributed by atoms with van der Waals surface area (Å²) in [4.78, 5) is 16.7. The fourth-order valence-electron chi connectivity index (χ4n) is 2.19. The number of nitrogens with zero attached hydrogens (tertiary/aromatic N) is 2. The second-order valence-corrected chi connectivity index (χ2v) is 6.55. The van der Waals surface area contributed by atoms with Crippen LogP contribution in [0, 0.1) is 6.92 Å². The Hall–Kier alpha value is -2.31. The minimum Gasteiger partial charge on any atom is -0.321 e. The van der Waals surface area contributed by atoms with Gasteiger partial charge in [0.15, 0.2) is 5.16 Å². The van der Waals surface area contributed by atoms with E-state index in [0.717, 1.165) is 11.1 Å². The Morgan fingerprint density at radius 1 is 1.29 bits per heavy atom. The van der Waals surface area contributed by atoms with Gasteiger partial charge in [-0.3, -0.25) is 9.89 Å². The average molecular weight is 359 g/mol. The lowest BCUT2D eigenvalue weighted by atomic mass is 10.1. The second-order valence-electron chi connectivity index (χ2n) is 5.17. The number of benzene rings is 2. The molecule has 0 unspecified atom stereocenters. The van der Waals surface area contributed by atoms with Crippen LogP contribution in [-0.4, -0.2) is 21.1 Å². The molecule has 1 amide bonds. The van der Waals surface area contributed by atoms with Crippen LogP contribution in [-0.2, 0) is 5.75 Å². The van der Waals surface area contributed by atoms with Crippen LogP contribution in [0.15, 0.2) is 53.9 Å². The van der Waals surface area contributed by atoms with Gasteiger partial charge in [-0.05, 0) is 36.2 Å². The third-order valence-electron chi connectivity index (χ3n) is 3.39. The van der Waals surface area contributed by atoms with Crippen LogP contribution in [0.5, 0.6) is 0 Å². The molecule has 24 heavy (non-hydrogen) atoms. The molecule has 0 radical (unpaired) electrons. The van der Waals surface area contributed by atoms with Gasteiger partial charge in [0.1, 0.15) is 6.33 Å². The molecule has 3 aromatic rings. The van der Waals surface area contributed by atoms with Gasteiger partial charge in [0.25, 0.3) is 5.91 Å². The third-order valence-corrected chi connectivity index (χ3v) is 4.63. The molecule has 1 heterocycles. The lowest BCUT2D eigenvalue weighted by Gasteiger charge is -2.11. The van der Waals surface area contributed by atoms with E-state index in [1.165, 1.54) is 18.1 Å². The number of anilines is 1. The van der Waals surface area contributed by atoms with E-state index in [4.69, 9.17) is 11.6 Å². The Morgan fingerprint density at radius 2 is 2.12 bits per heavy atom. The molecule has 122 valence electrons. The van der Waals surface area contributed by atoms with Gasteiger partial charge in [-0.1, -0.05) is 47.6 Å². The number of thioether (sulfide) groups is 1. The highest BCUT2D eigenvalue weighted by Crippen LogP contribution is 2.25. The van der Waals surface area contributed by atoms with Crippen LogP contribution in [0.1, 0.15) is 21.5 Å². The molecule has 3 rings (SSSR count). The quantitative estimate of drug-likeness (QED) is 0.667. The van der Waals surface area contributed by atoms with Crippen molar-refractivity contribution < 1.29 is 4.79 Å². The molecule has 0 saturated heterocycles. The first-order chi connectivity index (χ1) is 11.6. The molecular weight excluding hydrogens is 344 g/mol. The molecular formula is C17H15ClN4OS. The zero-order valence-corrected chi connectivity index (χ0v) is 14.5. The summed E-state index contributed by atoms with van der Waals surface area (Å²) in [5.41, 5.74) is 3.17. The molecule has 0 atom stereocenters. The van der Waals surface area contributed by atoms with E-state index in [1.807, 2.05) is 37.3 Å². The van der Waals surface area contributed by atoms with Gasteiger partial charge in [-0.2, -0.15) is 5.10 Å². The highest BCUT2D eigenvalue weighted by Gasteiger charge is 2.13. The lowest BCUT2D eigenvalue weighted by molar-refractivity contribution is 0.102. The lowest BCUT2D eigenvalue weighted by Crippen LogP contribution is -2.14. The molecule has 2 aromatic carbocycles. The molecule has 1 aromatic heterocycles. The second kappa shape index (κ2) is 7.51. The summed E-state index contributed by atoms with van der Waals surface area (Å²) in [5, 5.41) is 10.7. The maximum atomic E-state index is 12.6. The number of aromatic amines is 1. The largest absolute Gasteiger partial charge is 0.321 e. The van der Waals surface area contributed by atoms with Crippen molar-refractivity contribution in [3.63, 3.8) is 0 Å². The van der Waals surface area contributed by atoms with Crippen LogP contribution in [0.4, 0.5) is 5.69 Å². The van der Waals surface area contributed by atoms with Gasteiger partial charge in [0.2, 0.25) is 0 Å². The minimum atomic E-state index is -0.186. The van der Waals surface area contributed by atoms with Crippen molar-refractivity contribution in [3.05, 3.63) is 70.5 Å². The van der Waals surface area contributed by atoms with Crippen molar-refractivity contribution in [3.8, 4) is 0 Å². The first kappa shape index (κ1) is 16.5. The number of aromatic nitrogens is 3. The molecule has 0 spiro atoms. The highest BCUT2D eigenvalue weighted by atomic mass is 35.5. The molecule has 0 aliphatic rings. The summed E-state index contributed by atoms with van der Waals surface area (Å²) >= 11 is 7.68. The molecule has 0 saturated carbocycles. The fraction of sp³-hybridized carbons (Fsp3) is 0.118. The first-order valence-corrected chi connectivity index (χ1v) is 8.63. The number of hydrogen-bond acceptors (Lipinski definition) is 4. The Bertz CT molecular complexity index is 852. The Balaban J connectivity index is 1.77. The SMILES string of the molecule is Cc1ccc(NC(=O)c2ccccc2CSc2ncn[nH]2)c(Cl)c1. The zero-order chi connectivity index (χ0) is 16.9. The third kappa shape index (κ3) is 3.96. The Morgan fingerprint density at radius 3 is 2.88 bits per heavy atom. The number of amides is 1. The number of nitrogens with one attached hydrogen (secondary N) is 2. The number of aryl methyl sites for hydroxylation is 1. The van der Waals surface area contributed by atoms with E-state index >= 15 is 0 Å². The monoisotopic (exact) mass is 358 g/mol. The van der Waals surface area contributed by atoms with Crippen molar-refractivity contribution in [2.75, 3.05) is 5.32 Å².